The van der Waals surface area contributed by atoms with Crippen molar-refractivity contribution in [1.82, 2.24) is 23.2 Å². The predicted octanol–water partition coefficient (Wildman–Crippen LogP) is 7.93. The molecule has 0 amide bonds. The molecule has 0 spiro atoms. The highest BCUT2D eigenvalue weighted by Gasteiger charge is 2.26. The fourth-order valence-electron chi connectivity index (χ4n) is 6.88. The molecule has 0 radical (unpaired) electrons. The van der Waals surface area contributed by atoms with Gasteiger partial charge in [0.25, 0.3) is 0 Å². The Morgan fingerprint density at radius 3 is 1.49 bits per heavy atom. The van der Waals surface area contributed by atoms with Gasteiger partial charge in [0, 0.05) is 10.8 Å². The fourth-order valence-corrected chi connectivity index (χ4v) is 6.88. The normalized spacial score (nSPS) is 13.1. The van der Waals surface area contributed by atoms with Gasteiger partial charge in [0.05, 0.1) is 43.9 Å². The SMILES string of the molecule is c1ccc2c(c1)oc1ccc3nc4n(c5cccc6c5n4c4nc5ccc7oc8ccccc8c7c5n64)c3c12. The molecule has 0 saturated heterocycles. The Balaban J connectivity index is 1.42. The summed E-state index contributed by atoms with van der Waals surface area (Å²) < 4.78 is 19.2. The van der Waals surface area contributed by atoms with Crippen LogP contribution < -0.4 is 0 Å². The number of para-hydroxylation sites is 3. The average Bonchev–Trinajstić information content (AvgIpc) is 3.78. The Kier molecular flexibility index (Phi) is 2.84. The van der Waals surface area contributed by atoms with Crippen LogP contribution in [0.4, 0.5) is 0 Å². The Hall–Kier alpha value is -5.56. The third kappa shape index (κ3) is 1.94. The lowest BCUT2D eigenvalue weighted by Crippen LogP contribution is -1.88. The van der Waals surface area contributed by atoms with Crippen molar-refractivity contribution in [2.24, 2.45) is 0 Å². The smallest absolute Gasteiger partial charge is 0.223 e. The number of aromatic nitrogens is 5. The van der Waals surface area contributed by atoms with Crippen molar-refractivity contribution in [1.29, 1.82) is 0 Å². The van der Waals surface area contributed by atoms with Crippen molar-refractivity contribution in [3.05, 3.63) is 91.0 Å². The van der Waals surface area contributed by atoms with E-state index in [1.807, 2.05) is 36.4 Å². The molecule has 7 heteroatoms. The monoisotopic (exact) mass is 501 g/mol. The van der Waals surface area contributed by atoms with E-state index in [4.69, 9.17) is 18.8 Å². The summed E-state index contributed by atoms with van der Waals surface area (Å²) in [5.74, 6) is 1.68. The van der Waals surface area contributed by atoms with Crippen LogP contribution in [-0.4, -0.2) is 23.2 Å². The third-order valence-electron chi connectivity index (χ3n) is 8.38. The number of hydrogen-bond acceptors (Lipinski definition) is 4. The Labute approximate surface area is 217 Å². The van der Waals surface area contributed by atoms with Gasteiger partial charge < -0.3 is 8.83 Å². The highest BCUT2D eigenvalue weighted by molar-refractivity contribution is 6.21. The lowest BCUT2D eigenvalue weighted by Gasteiger charge is -1.99. The summed E-state index contributed by atoms with van der Waals surface area (Å²) in [4.78, 5) is 10.4. The lowest BCUT2D eigenvalue weighted by molar-refractivity contribution is 0.669. The molecule has 6 heterocycles. The molecule has 5 aromatic carbocycles. The molecule has 6 aromatic heterocycles. The summed E-state index contributed by atoms with van der Waals surface area (Å²) in [5.41, 5.74) is 10.7. The summed E-state index contributed by atoms with van der Waals surface area (Å²) in [6.45, 7) is 0. The molecule has 0 N–H and O–H groups in total. The number of nitrogens with zero attached hydrogens (tertiary/aromatic N) is 5. The molecule has 11 aromatic rings. The van der Waals surface area contributed by atoms with Gasteiger partial charge in [-0.15, -0.1) is 0 Å². The summed E-state index contributed by atoms with van der Waals surface area (Å²) >= 11 is 0. The maximum absolute atomic E-state index is 6.23. The van der Waals surface area contributed by atoms with E-state index in [0.717, 1.165) is 94.0 Å². The summed E-state index contributed by atoms with van der Waals surface area (Å²) in [7, 11) is 0. The number of rotatable bonds is 0. The van der Waals surface area contributed by atoms with Gasteiger partial charge in [0.1, 0.15) is 27.8 Å². The zero-order chi connectivity index (χ0) is 25.0. The Morgan fingerprint density at radius 2 is 0.949 bits per heavy atom. The number of furan rings is 2. The molecule has 180 valence electrons. The van der Waals surface area contributed by atoms with E-state index in [0.29, 0.717) is 0 Å². The number of benzene rings is 5. The van der Waals surface area contributed by atoms with Crippen LogP contribution in [0.15, 0.2) is 99.8 Å². The topological polar surface area (TPSA) is 65.3 Å². The van der Waals surface area contributed by atoms with E-state index in [1.165, 1.54) is 0 Å². The van der Waals surface area contributed by atoms with Crippen molar-refractivity contribution in [3.8, 4) is 0 Å². The second-order valence-electron chi connectivity index (χ2n) is 10.3. The first kappa shape index (κ1) is 18.6. The molecule has 0 saturated carbocycles. The number of hydrogen-bond donors (Lipinski definition) is 0. The molecule has 0 fully saturated rings. The van der Waals surface area contributed by atoms with Crippen LogP contribution in [0.1, 0.15) is 0 Å². The van der Waals surface area contributed by atoms with Crippen LogP contribution >= 0.6 is 0 Å². The maximum atomic E-state index is 6.23. The van der Waals surface area contributed by atoms with Crippen molar-refractivity contribution >= 4 is 94.0 Å². The first-order valence-corrected chi connectivity index (χ1v) is 12.9. The zero-order valence-electron chi connectivity index (χ0n) is 20.2. The highest BCUT2D eigenvalue weighted by atomic mass is 16.3. The van der Waals surface area contributed by atoms with Gasteiger partial charge in [0.2, 0.25) is 11.6 Å². The molecular formula is C32H15N5O2. The average molecular weight is 502 g/mol. The molecular weight excluding hydrogens is 486 g/mol. The zero-order valence-corrected chi connectivity index (χ0v) is 20.2. The summed E-state index contributed by atoms with van der Waals surface area (Å²) in [6, 6.07) is 31.0. The molecule has 7 nitrogen and oxygen atoms in total. The molecule has 11 rings (SSSR count). The highest BCUT2D eigenvalue weighted by Crippen LogP contribution is 2.41. The third-order valence-corrected chi connectivity index (χ3v) is 8.38. The Bertz CT molecular complexity index is 2650. The van der Waals surface area contributed by atoms with E-state index in [9.17, 15) is 0 Å². The van der Waals surface area contributed by atoms with E-state index < -0.39 is 0 Å². The van der Waals surface area contributed by atoms with E-state index in [1.54, 1.807) is 0 Å². The van der Waals surface area contributed by atoms with Gasteiger partial charge in [-0.2, -0.15) is 0 Å². The van der Waals surface area contributed by atoms with Crippen molar-refractivity contribution < 1.29 is 8.83 Å². The van der Waals surface area contributed by atoms with Crippen LogP contribution in [0.2, 0.25) is 0 Å². The van der Waals surface area contributed by atoms with Crippen molar-refractivity contribution in [3.63, 3.8) is 0 Å². The second-order valence-corrected chi connectivity index (χ2v) is 10.3. The quantitative estimate of drug-likeness (QED) is 0.212. The number of fused-ring (bicyclic) bond motifs is 18. The van der Waals surface area contributed by atoms with Gasteiger partial charge in [-0.05, 0) is 48.5 Å². The van der Waals surface area contributed by atoms with Gasteiger partial charge >= 0.3 is 0 Å². The summed E-state index contributed by atoms with van der Waals surface area (Å²) in [6.07, 6.45) is 0. The largest absolute Gasteiger partial charge is 0.456 e. The molecule has 39 heavy (non-hydrogen) atoms. The van der Waals surface area contributed by atoms with Crippen LogP contribution in [0.5, 0.6) is 0 Å². The molecule has 0 aliphatic rings. The molecule has 0 aliphatic heterocycles. The van der Waals surface area contributed by atoms with Crippen LogP contribution in [0.3, 0.4) is 0 Å². The van der Waals surface area contributed by atoms with Gasteiger partial charge in [-0.3, -0.25) is 8.80 Å². The van der Waals surface area contributed by atoms with Crippen molar-refractivity contribution in [2.75, 3.05) is 0 Å². The van der Waals surface area contributed by atoms with E-state index >= 15 is 0 Å². The van der Waals surface area contributed by atoms with Gasteiger partial charge in [-0.25, -0.2) is 14.4 Å². The predicted molar refractivity (Wildman–Crippen MR) is 153 cm³/mol. The molecule has 0 unspecified atom stereocenters. The fraction of sp³-hybridized carbons (Fsp3) is 0. The van der Waals surface area contributed by atoms with Crippen molar-refractivity contribution in [2.45, 2.75) is 0 Å². The van der Waals surface area contributed by atoms with Crippen LogP contribution in [-0.2, 0) is 0 Å². The van der Waals surface area contributed by atoms with Gasteiger partial charge in [0.15, 0.2) is 0 Å². The standard InChI is InChI=1S/C32H15N5O2/c1-3-10-22-16(6-1)26-24(38-22)14-12-18-28(26)35-20-8-5-9-21-30(20)37(31(35)33-18)32-34-19-13-15-25-27(29(19)36(21)32)17-7-2-4-11-23(17)39-25/h1-15H. The molecule has 0 atom stereocenters. The van der Waals surface area contributed by atoms with E-state index in [2.05, 4.69) is 67.8 Å². The first-order chi connectivity index (χ1) is 19.3. The molecule has 0 aliphatic carbocycles. The number of imidazole rings is 4. The van der Waals surface area contributed by atoms with Crippen LogP contribution in [0.25, 0.3) is 94.0 Å². The minimum Gasteiger partial charge on any atom is -0.456 e. The minimum absolute atomic E-state index is 0.840. The van der Waals surface area contributed by atoms with E-state index in [-0.39, 0.29) is 0 Å². The Morgan fingerprint density at radius 1 is 0.436 bits per heavy atom. The molecule has 0 bridgehead atoms. The van der Waals surface area contributed by atoms with Crippen LogP contribution in [0, 0.1) is 0 Å². The van der Waals surface area contributed by atoms with Gasteiger partial charge in [-0.1, -0.05) is 42.5 Å². The first-order valence-electron chi connectivity index (χ1n) is 12.9. The lowest BCUT2D eigenvalue weighted by atomic mass is 10.1. The maximum Gasteiger partial charge on any atom is 0.223 e. The summed E-state index contributed by atoms with van der Waals surface area (Å²) in [5, 5.41) is 4.35. The second kappa shape index (κ2) is 5.95. The minimum atomic E-state index is 0.840.